The summed E-state index contributed by atoms with van der Waals surface area (Å²) >= 11 is 1.61. The molecule has 28 heavy (non-hydrogen) atoms. The summed E-state index contributed by atoms with van der Waals surface area (Å²) in [5.74, 6) is -0.797. The summed E-state index contributed by atoms with van der Waals surface area (Å²) in [6.45, 7) is 3.34. The molecule has 0 bridgehead atoms. The van der Waals surface area contributed by atoms with E-state index in [1.165, 1.54) is 5.69 Å². The maximum absolute atomic E-state index is 11.1. The van der Waals surface area contributed by atoms with E-state index in [-0.39, 0.29) is 6.42 Å². The second-order valence-corrected chi connectivity index (χ2v) is 7.77. The summed E-state index contributed by atoms with van der Waals surface area (Å²) in [7, 11) is 0. The van der Waals surface area contributed by atoms with Crippen LogP contribution in [0.1, 0.15) is 23.4 Å². The number of nitrogens with zero attached hydrogens (tertiary/aromatic N) is 2. The number of hydrogen-bond donors (Lipinski definition) is 1. The predicted octanol–water partition coefficient (Wildman–Crippen LogP) is 4.54. The Kier molecular flexibility index (Phi) is 5.69. The Hall–Kier alpha value is -2.70. The normalized spacial score (nSPS) is 15.1. The van der Waals surface area contributed by atoms with Crippen molar-refractivity contribution in [3.8, 4) is 0 Å². The number of anilines is 1. The first-order valence-electron chi connectivity index (χ1n) is 9.40. The predicted molar refractivity (Wildman–Crippen MR) is 114 cm³/mol. The van der Waals surface area contributed by atoms with E-state index in [2.05, 4.69) is 35.2 Å². The van der Waals surface area contributed by atoms with E-state index in [0.29, 0.717) is 6.42 Å². The van der Waals surface area contributed by atoms with Crippen LogP contribution in [-0.2, 0) is 9.53 Å². The second-order valence-electron chi connectivity index (χ2n) is 6.74. The lowest BCUT2D eigenvalue weighted by Gasteiger charge is -2.28. The fourth-order valence-corrected chi connectivity index (χ4v) is 4.31. The highest BCUT2D eigenvalue weighted by molar-refractivity contribution is 7.19. The van der Waals surface area contributed by atoms with Gasteiger partial charge in [-0.05, 0) is 47.9 Å². The molecule has 5 nitrogen and oxygen atoms in total. The minimum Gasteiger partial charge on any atom is -0.481 e. The largest absolute Gasteiger partial charge is 0.481 e. The highest BCUT2D eigenvalue weighted by Crippen LogP contribution is 2.31. The van der Waals surface area contributed by atoms with Crippen molar-refractivity contribution in [2.24, 2.45) is 0 Å². The number of thiazole rings is 1. The van der Waals surface area contributed by atoms with Crippen LogP contribution in [0.25, 0.3) is 21.9 Å². The van der Waals surface area contributed by atoms with Crippen LogP contribution in [0.2, 0.25) is 0 Å². The molecule has 0 aliphatic carbocycles. The van der Waals surface area contributed by atoms with E-state index in [1.807, 2.05) is 24.3 Å². The number of fused-ring (bicyclic) bond motifs is 1. The zero-order valence-electron chi connectivity index (χ0n) is 15.5. The van der Waals surface area contributed by atoms with Crippen molar-refractivity contribution in [2.75, 3.05) is 31.2 Å². The Balaban J connectivity index is 1.61. The van der Waals surface area contributed by atoms with Crippen molar-refractivity contribution >= 4 is 44.9 Å². The quantitative estimate of drug-likeness (QED) is 0.665. The SMILES string of the molecule is O=C(O)CCC(=Cc1ccc(N2CCOCC2)cc1)c1nc2ccccc2s1. The third-order valence-corrected chi connectivity index (χ3v) is 5.90. The Morgan fingerprint density at radius 1 is 1.11 bits per heavy atom. The van der Waals surface area contributed by atoms with E-state index in [1.54, 1.807) is 11.3 Å². The minimum atomic E-state index is -0.797. The molecule has 1 aliphatic rings. The molecule has 0 atom stereocenters. The van der Waals surface area contributed by atoms with Crippen LogP contribution in [0.4, 0.5) is 5.69 Å². The van der Waals surface area contributed by atoms with Gasteiger partial charge in [-0.15, -0.1) is 11.3 Å². The number of carbonyl (C=O) groups is 1. The lowest BCUT2D eigenvalue weighted by atomic mass is 10.1. The number of rotatable bonds is 6. The van der Waals surface area contributed by atoms with Gasteiger partial charge in [0, 0.05) is 25.2 Å². The molecule has 1 aromatic heterocycles. The zero-order chi connectivity index (χ0) is 19.3. The summed E-state index contributed by atoms with van der Waals surface area (Å²) in [6, 6.07) is 16.4. The number of carboxylic acids is 1. The van der Waals surface area contributed by atoms with Gasteiger partial charge in [0.1, 0.15) is 5.01 Å². The van der Waals surface area contributed by atoms with Gasteiger partial charge in [-0.25, -0.2) is 4.98 Å². The van der Waals surface area contributed by atoms with Crippen LogP contribution < -0.4 is 4.90 Å². The monoisotopic (exact) mass is 394 g/mol. The van der Waals surface area contributed by atoms with Gasteiger partial charge in [0.05, 0.1) is 23.4 Å². The number of carboxylic acid groups (broad SMARTS) is 1. The Bertz CT molecular complexity index is 955. The average molecular weight is 394 g/mol. The standard InChI is InChI=1S/C22H22N2O3S/c25-21(26)10-7-17(22-23-19-3-1-2-4-20(19)28-22)15-16-5-8-18(9-6-16)24-11-13-27-14-12-24/h1-6,8-9,15H,7,10-14H2,(H,25,26). The van der Waals surface area contributed by atoms with E-state index in [9.17, 15) is 4.79 Å². The van der Waals surface area contributed by atoms with Crippen LogP contribution in [0.3, 0.4) is 0 Å². The minimum absolute atomic E-state index is 0.0909. The first kappa shape index (κ1) is 18.7. The Morgan fingerprint density at radius 3 is 2.57 bits per heavy atom. The van der Waals surface area contributed by atoms with Gasteiger partial charge in [-0.1, -0.05) is 24.3 Å². The lowest BCUT2D eigenvalue weighted by molar-refractivity contribution is -0.136. The topological polar surface area (TPSA) is 62.7 Å². The number of aliphatic carboxylic acids is 1. The van der Waals surface area contributed by atoms with Crippen LogP contribution in [0.15, 0.2) is 48.5 Å². The number of allylic oxidation sites excluding steroid dienone is 1. The van der Waals surface area contributed by atoms with Gasteiger partial charge in [-0.2, -0.15) is 0 Å². The number of para-hydroxylation sites is 1. The van der Waals surface area contributed by atoms with Gasteiger partial charge >= 0.3 is 5.97 Å². The third-order valence-electron chi connectivity index (χ3n) is 4.79. The van der Waals surface area contributed by atoms with Gasteiger partial charge in [-0.3, -0.25) is 4.79 Å². The third kappa shape index (κ3) is 4.40. The molecule has 144 valence electrons. The van der Waals surface area contributed by atoms with E-state index in [4.69, 9.17) is 14.8 Å². The first-order valence-corrected chi connectivity index (χ1v) is 10.2. The molecule has 2 aromatic carbocycles. The molecule has 0 amide bonds. The number of morpholine rings is 1. The molecule has 0 spiro atoms. The molecule has 1 fully saturated rings. The molecule has 1 aliphatic heterocycles. The second kappa shape index (κ2) is 8.54. The van der Waals surface area contributed by atoms with Gasteiger partial charge < -0.3 is 14.7 Å². The molecule has 0 unspecified atom stereocenters. The van der Waals surface area contributed by atoms with Crippen molar-refractivity contribution in [1.82, 2.24) is 4.98 Å². The maximum Gasteiger partial charge on any atom is 0.303 e. The zero-order valence-corrected chi connectivity index (χ0v) is 16.3. The van der Waals surface area contributed by atoms with Crippen molar-refractivity contribution in [3.63, 3.8) is 0 Å². The van der Waals surface area contributed by atoms with Crippen molar-refractivity contribution in [3.05, 3.63) is 59.1 Å². The number of benzene rings is 2. The first-order chi connectivity index (χ1) is 13.7. The van der Waals surface area contributed by atoms with Crippen molar-refractivity contribution < 1.29 is 14.6 Å². The highest BCUT2D eigenvalue weighted by Gasteiger charge is 2.13. The Labute approximate surface area is 167 Å². The molecule has 0 saturated carbocycles. The molecule has 1 N–H and O–H groups in total. The maximum atomic E-state index is 11.1. The van der Waals surface area contributed by atoms with E-state index < -0.39 is 5.97 Å². The van der Waals surface area contributed by atoms with Crippen LogP contribution in [0.5, 0.6) is 0 Å². The van der Waals surface area contributed by atoms with Crippen molar-refractivity contribution in [2.45, 2.75) is 12.8 Å². The number of aromatic nitrogens is 1. The number of ether oxygens (including phenoxy) is 1. The summed E-state index contributed by atoms with van der Waals surface area (Å²) in [5.41, 5.74) is 4.15. The van der Waals surface area contributed by atoms with E-state index in [0.717, 1.165) is 52.7 Å². The summed E-state index contributed by atoms with van der Waals surface area (Å²) in [6.07, 6.45) is 2.61. The molecular weight excluding hydrogens is 372 g/mol. The fourth-order valence-electron chi connectivity index (χ4n) is 3.30. The molecule has 3 aromatic rings. The van der Waals surface area contributed by atoms with Crippen LogP contribution in [0, 0.1) is 0 Å². The summed E-state index contributed by atoms with van der Waals surface area (Å²) in [4.78, 5) is 18.1. The average Bonchev–Trinajstić information content (AvgIpc) is 3.16. The molecule has 4 rings (SSSR count). The smallest absolute Gasteiger partial charge is 0.303 e. The molecule has 2 heterocycles. The molecular formula is C22H22N2O3S. The lowest BCUT2D eigenvalue weighted by Crippen LogP contribution is -2.36. The molecule has 6 heteroatoms. The van der Waals surface area contributed by atoms with E-state index >= 15 is 0 Å². The molecule has 0 radical (unpaired) electrons. The number of hydrogen-bond acceptors (Lipinski definition) is 5. The summed E-state index contributed by atoms with van der Waals surface area (Å²) < 4.78 is 6.53. The van der Waals surface area contributed by atoms with Gasteiger partial charge in [0.15, 0.2) is 0 Å². The van der Waals surface area contributed by atoms with Gasteiger partial charge in [0.2, 0.25) is 0 Å². The molecule has 1 saturated heterocycles. The van der Waals surface area contributed by atoms with Crippen molar-refractivity contribution in [1.29, 1.82) is 0 Å². The van der Waals surface area contributed by atoms with Gasteiger partial charge in [0.25, 0.3) is 0 Å². The summed E-state index contributed by atoms with van der Waals surface area (Å²) in [5, 5.41) is 10.0. The van der Waals surface area contributed by atoms with Crippen LogP contribution in [-0.4, -0.2) is 42.4 Å². The van der Waals surface area contributed by atoms with Crippen LogP contribution >= 0.6 is 11.3 Å². The highest BCUT2D eigenvalue weighted by atomic mass is 32.1. The Morgan fingerprint density at radius 2 is 1.86 bits per heavy atom. The fraction of sp³-hybridized carbons (Fsp3) is 0.273.